The SMILES string of the molecule is CCCCCCCCCCCCN(CCCl)CCOC. The second-order valence-corrected chi connectivity index (χ2v) is 6.08. The molecule has 20 heavy (non-hydrogen) atoms. The summed E-state index contributed by atoms with van der Waals surface area (Å²) in [4.78, 5) is 2.42. The Morgan fingerprint density at radius 3 is 1.80 bits per heavy atom. The van der Waals surface area contributed by atoms with Gasteiger partial charge in [0.25, 0.3) is 0 Å². The maximum Gasteiger partial charge on any atom is 0.0589 e. The van der Waals surface area contributed by atoms with Crippen LogP contribution in [0.25, 0.3) is 0 Å². The third-order valence-electron chi connectivity index (χ3n) is 3.84. The normalized spacial score (nSPS) is 11.4. The second-order valence-electron chi connectivity index (χ2n) is 5.71. The van der Waals surface area contributed by atoms with Gasteiger partial charge >= 0.3 is 0 Å². The molecule has 0 rings (SSSR count). The predicted octanol–water partition coefficient (Wildman–Crippen LogP) is 5.09. The summed E-state index contributed by atoms with van der Waals surface area (Å²) in [5, 5.41) is 0. The minimum atomic E-state index is 0.724. The molecule has 0 aliphatic carbocycles. The van der Waals surface area contributed by atoms with Crippen molar-refractivity contribution >= 4 is 11.6 Å². The number of rotatable bonds is 16. The van der Waals surface area contributed by atoms with Crippen LogP contribution in [0, 0.1) is 0 Å². The number of hydrogen-bond donors (Lipinski definition) is 0. The average molecular weight is 306 g/mol. The summed E-state index contributed by atoms with van der Waals surface area (Å²) in [7, 11) is 1.76. The molecule has 2 nitrogen and oxygen atoms in total. The topological polar surface area (TPSA) is 12.5 Å². The molecule has 0 spiro atoms. The lowest BCUT2D eigenvalue weighted by molar-refractivity contribution is 0.150. The van der Waals surface area contributed by atoms with Gasteiger partial charge in [0.2, 0.25) is 0 Å². The Kier molecular flexibility index (Phi) is 17.4. The van der Waals surface area contributed by atoms with Gasteiger partial charge in [-0.05, 0) is 13.0 Å². The highest BCUT2D eigenvalue weighted by Gasteiger charge is 2.03. The quantitative estimate of drug-likeness (QED) is 0.291. The molecule has 0 bridgehead atoms. The Bertz CT molecular complexity index is 178. The highest BCUT2D eigenvalue weighted by atomic mass is 35.5. The van der Waals surface area contributed by atoms with Crippen LogP contribution in [0.4, 0.5) is 0 Å². The van der Waals surface area contributed by atoms with E-state index in [1.54, 1.807) is 7.11 Å². The fourth-order valence-electron chi connectivity index (χ4n) is 2.50. The molecule has 0 atom stereocenters. The van der Waals surface area contributed by atoms with Gasteiger partial charge in [-0.25, -0.2) is 0 Å². The van der Waals surface area contributed by atoms with Crippen LogP contribution in [0.1, 0.15) is 71.1 Å². The van der Waals surface area contributed by atoms with Crippen molar-refractivity contribution in [2.24, 2.45) is 0 Å². The van der Waals surface area contributed by atoms with E-state index in [4.69, 9.17) is 16.3 Å². The lowest BCUT2D eigenvalue weighted by atomic mass is 10.1. The summed E-state index contributed by atoms with van der Waals surface area (Å²) in [6.07, 6.45) is 14.0. The van der Waals surface area contributed by atoms with Crippen LogP contribution in [0.15, 0.2) is 0 Å². The maximum absolute atomic E-state index is 5.83. The highest BCUT2D eigenvalue weighted by molar-refractivity contribution is 6.18. The van der Waals surface area contributed by atoms with Crippen molar-refractivity contribution in [3.63, 3.8) is 0 Å². The average Bonchev–Trinajstić information content (AvgIpc) is 2.46. The van der Waals surface area contributed by atoms with Gasteiger partial charge in [0, 0.05) is 26.1 Å². The van der Waals surface area contributed by atoms with Crippen LogP contribution in [0.3, 0.4) is 0 Å². The van der Waals surface area contributed by atoms with Crippen LogP contribution in [-0.4, -0.2) is 44.1 Å². The molecule has 3 heteroatoms. The number of methoxy groups -OCH3 is 1. The van der Waals surface area contributed by atoms with E-state index in [9.17, 15) is 0 Å². The molecule has 0 heterocycles. The highest BCUT2D eigenvalue weighted by Crippen LogP contribution is 2.10. The molecule has 0 amide bonds. The van der Waals surface area contributed by atoms with E-state index in [0.717, 1.165) is 25.6 Å². The number of unbranched alkanes of at least 4 members (excludes halogenated alkanes) is 9. The molecule has 0 aromatic heterocycles. The van der Waals surface area contributed by atoms with Crippen molar-refractivity contribution in [3.05, 3.63) is 0 Å². The van der Waals surface area contributed by atoms with Gasteiger partial charge in [0.05, 0.1) is 6.61 Å². The molecule has 0 N–H and O–H groups in total. The van der Waals surface area contributed by atoms with E-state index in [1.807, 2.05) is 0 Å². The van der Waals surface area contributed by atoms with Crippen molar-refractivity contribution in [1.82, 2.24) is 4.90 Å². The summed E-state index contributed by atoms with van der Waals surface area (Å²) >= 11 is 5.83. The summed E-state index contributed by atoms with van der Waals surface area (Å²) in [5.74, 6) is 0.724. The molecule has 0 saturated heterocycles. The summed E-state index contributed by atoms with van der Waals surface area (Å²) in [5.41, 5.74) is 0. The standard InChI is InChI=1S/C17H36ClNO/c1-3-4-5-6-7-8-9-10-11-12-14-19(15-13-18)16-17-20-2/h3-17H2,1-2H3. The van der Waals surface area contributed by atoms with Crippen molar-refractivity contribution in [3.8, 4) is 0 Å². The van der Waals surface area contributed by atoms with E-state index in [-0.39, 0.29) is 0 Å². The number of nitrogens with zero attached hydrogens (tertiary/aromatic N) is 1. The zero-order valence-corrected chi connectivity index (χ0v) is 14.6. The van der Waals surface area contributed by atoms with Crippen LogP contribution in [-0.2, 0) is 4.74 Å². The monoisotopic (exact) mass is 305 g/mol. The first-order chi connectivity index (χ1) is 9.85. The van der Waals surface area contributed by atoms with Crippen molar-refractivity contribution in [2.45, 2.75) is 71.1 Å². The fraction of sp³-hybridized carbons (Fsp3) is 1.00. The Morgan fingerprint density at radius 2 is 1.30 bits per heavy atom. The van der Waals surface area contributed by atoms with Gasteiger partial charge in [-0.3, -0.25) is 4.90 Å². The lowest BCUT2D eigenvalue weighted by Crippen LogP contribution is -2.30. The van der Waals surface area contributed by atoms with Gasteiger partial charge in [-0.2, -0.15) is 0 Å². The molecule has 0 aliphatic rings. The third kappa shape index (κ3) is 14.6. The van der Waals surface area contributed by atoms with Crippen molar-refractivity contribution < 1.29 is 4.74 Å². The van der Waals surface area contributed by atoms with Crippen LogP contribution in [0.5, 0.6) is 0 Å². The number of hydrogen-bond acceptors (Lipinski definition) is 2. The summed E-state index contributed by atoms with van der Waals surface area (Å²) in [6.45, 7) is 6.27. The Balaban J connectivity index is 3.27. The van der Waals surface area contributed by atoms with E-state index >= 15 is 0 Å². The van der Waals surface area contributed by atoms with E-state index < -0.39 is 0 Å². The van der Waals surface area contributed by atoms with Gasteiger partial charge in [0.1, 0.15) is 0 Å². The summed E-state index contributed by atoms with van der Waals surface area (Å²) < 4.78 is 5.13. The van der Waals surface area contributed by atoms with Gasteiger partial charge in [0.15, 0.2) is 0 Å². The first-order valence-electron chi connectivity index (χ1n) is 8.62. The Morgan fingerprint density at radius 1 is 0.750 bits per heavy atom. The minimum absolute atomic E-state index is 0.724. The zero-order chi connectivity index (χ0) is 14.9. The van der Waals surface area contributed by atoms with Crippen LogP contribution >= 0.6 is 11.6 Å². The van der Waals surface area contributed by atoms with E-state index in [1.165, 1.54) is 70.8 Å². The smallest absolute Gasteiger partial charge is 0.0589 e. The molecule has 0 unspecified atom stereocenters. The largest absolute Gasteiger partial charge is 0.383 e. The Hall–Kier alpha value is 0.210. The van der Waals surface area contributed by atoms with Crippen molar-refractivity contribution in [2.75, 3.05) is 39.2 Å². The molecule has 0 aromatic rings. The molecular formula is C17H36ClNO. The van der Waals surface area contributed by atoms with Gasteiger partial charge in [-0.1, -0.05) is 64.7 Å². The molecule has 0 aromatic carbocycles. The van der Waals surface area contributed by atoms with Gasteiger partial charge < -0.3 is 4.74 Å². The minimum Gasteiger partial charge on any atom is -0.383 e. The first-order valence-corrected chi connectivity index (χ1v) is 9.15. The Labute approximate surface area is 132 Å². The molecule has 0 aliphatic heterocycles. The van der Waals surface area contributed by atoms with Crippen LogP contribution in [0.2, 0.25) is 0 Å². The number of ether oxygens (including phenoxy) is 1. The second kappa shape index (κ2) is 17.3. The van der Waals surface area contributed by atoms with E-state index in [2.05, 4.69) is 11.8 Å². The lowest BCUT2D eigenvalue weighted by Gasteiger charge is -2.20. The molecule has 0 radical (unpaired) electrons. The molecule has 0 fully saturated rings. The van der Waals surface area contributed by atoms with Crippen molar-refractivity contribution in [1.29, 1.82) is 0 Å². The van der Waals surface area contributed by atoms with Gasteiger partial charge in [-0.15, -0.1) is 11.6 Å². The molecular weight excluding hydrogens is 270 g/mol. The number of halogens is 1. The number of alkyl halides is 1. The van der Waals surface area contributed by atoms with Crippen LogP contribution < -0.4 is 0 Å². The summed E-state index contributed by atoms with van der Waals surface area (Å²) in [6, 6.07) is 0. The third-order valence-corrected chi connectivity index (χ3v) is 4.01. The first kappa shape index (κ1) is 20.2. The zero-order valence-electron chi connectivity index (χ0n) is 13.8. The fourth-order valence-corrected chi connectivity index (χ4v) is 2.74. The van der Waals surface area contributed by atoms with E-state index in [0.29, 0.717) is 0 Å². The molecule has 122 valence electrons. The molecule has 0 saturated carbocycles. The predicted molar refractivity (Wildman–Crippen MR) is 90.9 cm³/mol. The maximum atomic E-state index is 5.83.